The van der Waals surface area contributed by atoms with Crippen molar-refractivity contribution < 1.29 is 0 Å². The van der Waals surface area contributed by atoms with Gasteiger partial charge in [-0.25, -0.2) is 15.0 Å². The highest BCUT2D eigenvalue weighted by Crippen LogP contribution is 2.10. The van der Waals surface area contributed by atoms with Crippen molar-refractivity contribution in [2.24, 2.45) is 0 Å². The van der Waals surface area contributed by atoms with Crippen LogP contribution in [0.5, 0.6) is 0 Å². The lowest BCUT2D eigenvalue weighted by Gasteiger charge is -2.03. The Kier molecular flexibility index (Phi) is 3.54. The molecule has 0 spiro atoms. The third-order valence-electron chi connectivity index (χ3n) is 2.11. The molecule has 0 unspecified atom stereocenters. The third kappa shape index (κ3) is 3.50. The maximum absolute atomic E-state index is 4.47. The van der Waals surface area contributed by atoms with Gasteiger partial charge in [0.25, 0.3) is 0 Å². The Bertz CT molecular complexity index is 592. The maximum atomic E-state index is 4.47. The molecule has 0 N–H and O–H groups in total. The number of hydrogen-bond donors (Lipinski definition) is 0. The normalized spacial score (nSPS) is 10.6. The van der Waals surface area contributed by atoms with Crippen LogP contribution in [0.25, 0.3) is 11.5 Å². The first kappa shape index (κ1) is 12.5. The smallest absolute Gasteiger partial charge is 0.178 e. The van der Waals surface area contributed by atoms with Crippen molar-refractivity contribution in [2.45, 2.75) is 19.6 Å². The Morgan fingerprint density at radius 3 is 2.39 bits per heavy atom. The Hall–Kier alpha value is -1.99. The van der Waals surface area contributed by atoms with E-state index >= 15 is 0 Å². The highest BCUT2D eigenvalue weighted by Gasteiger charge is 2.08. The van der Waals surface area contributed by atoms with Crippen LogP contribution in [0.1, 0.15) is 5.69 Å². The average Bonchev–Trinajstić information content (AvgIpc) is 2.37. The molecule has 0 aromatic carbocycles. The van der Waals surface area contributed by atoms with E-state index in [0.29, 0.717) is 5.82 Å². The summed E-state index contributed by atoms with van der Waals surface area (Å²) in [6, 6.07) is 7.54. The number of nitrogens with zero attached hydrogens (tertiary/aromatic N) is 3. The van der Waals surface area contributed by atoms with Crippen LogP contribution in [-0.4, -0.2) is 23.0 Å². The van der Waals surface area contributed by atoms with Gasteiger partial charge in [0.05, 0.1) is 0 Å². The molecule has 0 radical (unpaired) electrons. The minimum Gasteiger partial charge on any atom is -0.236 e. The minimum absolute atomic E-state index is 0.633. The van der Waals surface area contributed by atoms with E-state index in [2.05, 4.69) is 46.1 Å². The zero-order chi connectivity index (χ0) is 13.0. The highest BCUT2D eigenvalue weighted by molar-refractivity contribution is 6.83. The average molecular weight is 253 g/mol. The molecular formula is C14H15N3Si. The quantitative estimate of drug-likeness (QED) is 0.579. The van der Waals surface area contributed by atoms with Gasteiger partial charge in [0.15, 0.2) is 5.82 Å². The Labute approximate surface area is 108 Å². The van der Waals surface area contributed by atoms with Crippen molar-refractivity contribution in [3.8, 4) is 23.0 Å². The molecule has 0 fully saturated rings. The van der Waals surface area contributed by atoms with E-state index in [-0.39, 0.29) is 0 Å². The maximum Gasteiger partial charge on any atom is 0.178 e. The molecule has 90 valence electrons. The van der Waals surface area contributed by atoms with Gasteiger partial charge < -0.3 is 0 Å². The lowest BCUT2D eigenvalue weighted by atomic mass is 10.3. The fourth-order valence-corrected chi connectivity index (χ4v) is 1.81. The summed E-state index contributed by atoms with van der Waals surface area (Å²) in [5.74, 6) is 3.77. The van der Waals surface area contributed by atoms with Crippen molar-refractivity contribution in [2.75, 3.05) is 0 Å². The second-order valence-corrected chi connectivity index (χ2v) is 9.73. The first-order chi connectivity index (χ1) is 8.54. The van der Waals surface area contributed by atoms with Gasteiger partial charge in [-0.2, -0.15) is 0 Å². The fraction of sp³-hybridized carbons (Fsp3) is 0.214. The van der Waals surface area contributed by atoms with Gasteiger partial charge in [-0.05, 0) is 18.2 Å². The van der Waals surface area contributed by atoms with Crippen molar-refractivity contribution >= 4 is 8.07 Å². The summed E-state index contributed by atoms with van der Waals surface area (Å²) in [4.78, 5) is 12.8. The molecule has 0 saturated carbocycles. The SMILES string of the molecule is C[Si](C)(C)C#Cc1cccc(-c2ncccn2)n1. The van der Waals surface area contributed by atoms with Crippen molar-refractivity contribution in [1.29, 1.82) is 0 Å². The standard InChI is InChI=1S/C14H15N3Si/c1-18(2,3)11-8-12-6-4-7-13(17-12)14-15-9-5-10-16-14/h4-7,9-10H,1-3H3. The summed E-state index contributed by atoms with van der Waals surface area (Å²) in [5, 5.41) is 0. The molecule has 4 heteroatoms. The molecule has 18 heavy (non-hydrogen) atoms. The predicted octanol–water partition coefficient (Wildman–Crippen LogP) is 2.77. The summed E-state index contributed by atoms with van der Waals surface area (Å²) in [7, 11) is -1.37. The summed E-state index contributed by atoms with van der Waals surface area (Å²) in [6.07, 6.45) is 3.43. The molecule has 0 aliphatic carbocycles. The van der Waals surface area contributed by atoms with E-state index in [1.165, 1.54) is 0 Å². The van der Waals surface area contributed by atoms with Crippen LogP contribution < -0.4 is 0 Å². The molecule has 0 atom stereocenters. The fourth-order valence-electron chi connectivity index (χ4n) is 1.31. The van der Waals surface area contributed by atoms with Crippen LogP contribution in [0.3, 0.4) is 0 Å². The van der Waals surface area contributed by atoms with E-state index in [1.807, 2.05) is 18.2 Å². The van der Waals surface area contributed by atoms with Crippen LogP contribution in [-0.2, 0) is 0 Å². The van der Waals surface area contributed by atoms with Gasteiger partial charge in [0, 0.05) is 12.4 Å². The van der Waals surface area contributed by atoms with E-state index < -0.39 is 8.07 Å². The second-order valence-electron chi connectivity index (χ2n) is 4.98. The van der Waals surface area contributed by atoms with Crippen LogP contribution in [0.4, 0.5) is 0 Å². The Balaban J connectivity index is 2.34. The number of rotatable bonds is 1. The molecule has 0 bridgehead atoms. The topological polar surface area (TPSA) is 38.7 Å². The van der Waals surface area contributed by atoms with Crippen LogP contribution in [0.2, 0.25) is 19.6 Å². The zero-order valence-corrected chi connectivity index (χ0v) is 11.8. The van der Waals surface area contributed by atoms with Gasteiger partial charge in [-0.15, -0.1) is 5.54 Å². The number of aromatic nitrogens is 3. The predicted molar refractivity (Wildman–Crippen MR) is 75.5 cm³/mol. The summed E-state index contributed by atoms with van der Waals surface area (Å²) >= 11 is 0. The van der Waals surface area contributed by atoms with Gasteiger partial charge in [0.2, 0.25) is 0 Å². The molecule has 2 aromatic heterocycles. The molecule has 0 amide bonds. The monoisotopic (exact) mass is 253 g/mol. The molecule has 0 saturated heterocycles. The Morgan fingerprint density at radius 1 is 1.00 bits per heavy atom. The summed E-state index contributed by atoms with van der Waals surface area (Å²) in [6.45, 7) is 6.64. The first-order valence-electron chi connectivity index (χ1n) is 5.82. The largest absolute Gasteiger partial charge is 0.236 e. The molecule has 2 rings (SSSR count). The van der Waals surface area contributed by atoms with Crippen molar-refractivity contribution in [3.63, 3.8) is 0 Å². The van der Waals surface area contributed by atoms with Crippen molar-refractivity contribution in [1.82, 2.24) is 15.0 Å². The van der Waals surface area contributed by atoms with Crippen LogP contribution in [0.15, 0.2) is 36.7 Å². The van der Waals surface area contributed by atoms with Gasteiger partial charge >= 0.3 is 0 Å². The second kappa shape index (κ2) is 5.11. The minimum atomic E-state index is -1.37. The number of hydrogen-bond acceptors (Lipinski definition) is 3. The molecule has 0 aliphatic rings. The van der Waals surface area contributed by atoms with Gasteiger partial charge in [-0.3, -0.25) is 0 Å². The van der Waals surface area contributed by atoms with E-state index in [1.54, 1.807) is 18.5 Å². The summed E-state index contributed by atoms with van der Waals surface area (Å²) < 4.78 is 0. The molecule has 2 aromatic rings. The summed E-state index contributed by atoms with van der Waals surface area (Å²) in [5.41, 5.74) is 4.84. The molecule has 3 nitrogen and oxygen atoms in total. The first-order valence-corrected chi connectivity index (χ1v) is 9.32. The molecule has 0 aliphatic heterocycles. The highest BCUT2D eigenvalue weighted by atomic mass is 28.3. The van der Waals surface area contributed by atoms with Crippen molar-refractivity contribution in [3.05, 3.63) is 42.4 Å². The number of pyridine rings is 1. The van der Waals surface area contributed by atoms with Gasteiger partial charge in [-0.1, -0.05) is 31.6 Å². The lowest BCUT2D eigenvalue weighted by Crippen LogP contribution is -2.16. The Morgan fingerprint density at radius 2 is 1.72 bits per heavy atom. The van der Waals surface area contributed by atoms with E-state index in [0.717, 1.165) is 11.4 Å². The zero-order valence-electron chi connectivity index (χ0n) is 10.8. The van der Waals surface area contributed by atoms with E-state index in [9.17, 15) is 0 Å². The van der Waals surface area contributed by atoms with Crippen LogP contribution >= 0.6 is 0 Å². The van der Waals surface area contributed by atoms with E-state index in [4.69, 9.17) is 0 Å². The molecule has 2 heterocycles. The van der Waals surface area contributed by atoms with Gasteiger partial charge in [0.1, 0.15) is 19.5 Å². The van der Waals surface area contributed by atoms with Crippen LogP contribution in [0, 0.1) is 11.5 Å². The lowest BCUT2D eigenvalue weighted by molar-refractivity contribution is 1.13. The molecular weight excluding hydrogens is 238 g/mol. The third-order valence-corrected chi connectivity index (χ3v) is 2.98.